The van der Waals surface area contributed by atoms with Crippen LogP contribution in [0.15, 0.2) is 35.3 Å². The topological polar surface area (TPSA) is 21.6 Å². The molecule has 3 rings (SSSR count). The van der Waals surface area contributed by atoms with E-state index >= 15 is 0 Å². The third-order valence-electron chi connectivity index (χ3n) is 4.53. The van der Waals surface area contributed by atoms with Crippen molar-refractivity contribution in [1.82, 2.24) is 0 Å². The molecule has 0 saturated heterocycles. The molecule has 0 N–H and O–H groups in total. The van der Waals surface area contributed by atoms with E-state index in [0.29, 0.717) is 6.42 Å². The summed E-state index contributed by atoms with van der Waals surface area (Å²) in [4.78, 5) is 4.01. The summed E-state index contributed by atoms with van der Waals surface area (Å²) in [5.74, 6) is -1.31. The number of halogens is 10. The molecule has 175 valence electrons. The van der Waals surface area contributed by atoms with Crippen LogP contribution in [0.5, 0.6) is 0 Å². The number of alkyl halides is 10. The Morgan fingerprint density at radius 3 is 1.94 bits per heavy atom. The molecule has 2 aliphatic rings. The highest BCUT2D eigenvalue weighted by molar-refractivity contribution is 7.64. The first kappa shape index (κ1) is 25.1. The lowest BCUT2D eigenvalue weighted by Crippen LogP contribution is -2.47. The van der Waals surface area contributed by atoms with E-state index in [2.05, 4.69) is 4.99 Å². The average Bonchev–Trinajstić information content (AvgIpc) is 3.30. The predicted octanol–water partition coefficient (Wildman–Crippen LogP) is 6.55. The molecule has 1 aliphatic carbocycles. The minimum atomic E-state index is -6.64. The zero-order valence-electron chi connectivity index (χ0n) is 15.7. The van der Waals surface area contributed by atoms with Gasteiger partial charge in [-0.3, -0.25) is 0 Å². The number of aliphatic imine (C=N–C) groups is 1. The van der Waals surface area contributed by atoms with Crippen LogP contribution in [0.1, 0.15) is 5.56 Å². The maximum atomic E-state index is 14.1. The van der Waals surface area contributed by atoms with E-state index < -0.39 is 55.1 Å². The summed E-state index contributed by atoms with van der Waals surface area (Å²) < 4.78 is 139. The van der Waals surface area contributed by atoms with Crippen molar-refractivity contribution in [2.75, 3.05) is 6.61 Å². The zero-order valence-corrected chi connectivity index (χ0v) is 16.6. The molecular weight excluding hydrogens is 479 g/mol. The van der Waals surface area contributed by atoms with E-state index in [0.717, 1.165) is 18.4 Å². The van der Waals surface area contributed by atoms with E-state index in [4.69, 9.17) is 4.74 Å². The van der Waals surface area contributed by atoms with Crippen LogP contribution >= 0.6 is 7.92 Å². The van der Waals surface area contributed by atoms with Crippen molar-refractivity contribution >= 4 is 13.8 Å². The normalized spacial score (nSPS) is 21.8. The largest absolute Gasteiger partial charge is 0.478 e. The summed E-state index contributed by atoms with van der Waals surface area (Å²) in [7, 11) is -5.46. The fourth-order valence-corrected chi connectivity index (χ4v) is 5.18. The van der Waals surface area contributed by atoms with E-state index in [1.807, 2.05) is 0 Å². The van der Waals surface area contributed by atoms with Crippen molar-refractivity contribution in [3.63, 3.8) is 0 Å². The SMILES string of the molecule is FC(F)(F)C(F)(F)P([C]1[CH][CH][CH][C]1C1=N[C@@H](Cc2ccccc2)CO1)C(F)(F)C(F)(F)F. The molecule has 1 saturated carbocycles. The van der Waals surface area contributed by atoms with Gasteiger partial charge in [-0.2, -0.15) is 43.9 Å². The van der Waals surface area contributed by atoms with Crippen molar-refractivity contribution in [3.05, 3.63) is 66.7 Å². The molecule has 0 spiro atoms. The van der Waals surface area contributed by atoms with Crippen LogP contribution in [0.4, 0.5) is 43.9 Å². The first-order valence-electron chi connectivity index (χ1n) is 8.86. The first-order valence-corrected chi connectivity index (χ1v) is 10.2. The molecule has 13 heteroatoms. The average molecular weight is 492 g/mol. The van der Waals surface area contributed by atoms with Crippen LogP contribution < -0.4 is 0 Å². The van der Waals surface area contributed by atoms with Crippen molar-refractivity contribution in [1.29, 1.82) is 0 Å². The minimum absolute atomic E-state index is 0.155. The highest BCUT2D eigenvalue weighted by Crippen LogP contribution is 2.79. The van der Waals surface area contributed by atoms with E-state index in [1.165, 1.54) is 0 Å². The molecule has 2 nitrogen and oxygen atoms in total. The molecular formula is C19H13F10NOP. The van der Waals surface area contributed by atoms with Crippen LogP contribution in [-0.2, 0) is 11.2 Å². The van der Waals surface area contributed by atoms with Crippen LogP contribution in [-0.4, -0.2) is 42.2 Å². The van der Waals surface area contributed by atoms with Gasteiger partial charge in [-0.25, -0.2) is 4.99 Å². The van der Waals surface area contributed by atoms with Gasteiger partial charge in [-0.1, -0.05) is 30.3 Å². The maximum Gasteiger partial charge on any atom is 0.457 e. The maximum absolute atomic E-state index is 14.1. The van der Waals surface area contributed by atoms with Crippen molar-refractivity contribution in [3.8, 4) is 0 Å². The second kappa shape index (κ2) is 8.65. The number of rotatable bonds is 6. The first-order chi connectivity index (χ1) is 14.7. The highest BCUT2D eigenvalue weighted by Gasteiger charge is 2.78. The number of hydrogen-bond donors (Lipinski definition) is 0. The van der Waals surface area contributed by atoms with Gasteiger partial charge in [-0.15, -0.1) is 0 Å². The quantitative estimate of drug-likeness (QED) is 0.326. The molecule has 1 atom stereocenters. The van der Waals surface area contributed by atoms with Gasteiger partial charge in [0.25, 0.3) is 0 Å². The lowest BCUT2D eigenvalue weighted by Gasteiger charge is -2.39. The smallest absolute Gasteiger partial charge is 0.457 e. The van der Waals surface area contributed by atoms with Gasteiger partial charge in [0.15, 0.2) is 5.90 Å². The van der Waals surface area contributed by atoms with Gasteiger partial charge < -0.3 is 4.74 Å². The Hall–Kier alpha value is -1.58. The Labute approximate surface area is 177 Å². The lowest BCUT2D eigenvalue weighted by molar-refractivity contribution is -0.261. The predicted molar refractivity (Wildman–Crippen MR) is 95.6 cm³/mol. The molecule has 0 aromatic heterocycles. The fourth-order valence-electron chi connectivity index (χ4n) is 3.07. The van der Waals surface area contributed by atoms with Crippen LogP contribution in [0.25, 0.3) is 0 Å². The van der Waals surface area contributed by atoms with Crippen LogP contribution in [0.2, 0.25) is 0 Å². The Bertz CT molecular complexity index is 798. The summed E-state index contributed by atoms with van der Waals surface area (Å²) >= 11 is 0. The van der Waals surface area contributed by atoms with E-state index in [1.54, 1.807) is 30.3 Å². The second-order valence-corrected chi connectivity index (χ2v) is 9.10. The Morgan fingerprint density at radius 1 is 0.844 bits per heavy atom. The molecule has 5 radical (unpaired) electrons. The molecule has 0 amide bonds. The van der Waals surface area contributed by atoms with E-state index in [9.17, 15) is 43.9 Å². The molecule has 1 aromatic rings. The summed E-state index contributed by atoms with van der Waals surface area (Å²) in [6.45, 7) is -0.155. The summed E-state index contributed by atoms with van der Waals surface area (Å²) in [5, 5.41) is 0. The van der Waals surface area contributed by atoms with Gasteiger partial charge in [0.05, 0.1) is 19.9 Å². The molecule has 0 bridgehead atoms. The lowest BCUT2D eigenvalue weighted by atomic mass is 10.1. The minimum Gasteiger partial charge on any atom is -0.478 e. The van der Waals surface area contributed by atoms with Gasteiger partial charge in [-0.05, 0) is 31.2 Å². The molecule has 1 fully saturated rings. The zero-order chi connectivity index (χ0) is 23.9. The monoisotopic (exact) mass is 492 g/mol. The van der Waals surface area contributed by atoms with Crippen molar-refractivity contribution in [2.45, 2.75) is 36.1 Å². The molecule has 1 aliphatic heterocycles. The Kier molecular flexibility index (Phi) is 6.77. The summed E-state index contributed by atoms with van der Waals surface area (Å²) in [5.41, 5.74) is -13.4. The number of ether oxygens (including phenoxy) is 1. The Morgan fingerprint density at radius 2 is 1.41 bits per heavy atom. The number of nitrogens with zero attached hydrogens (tertiary/aromatic N) is 1. The standard InChI is InChI=1S/C19H13F10NOP/c20-16(21,22)18(26,27)32(19(28,29)17(23,24)25)14-8-4-7-13(14)15-30-12(10-31-15)9-11-5-2-1-3-6-11/h1-8,12H,9-10H2/t12-/m0/s1. The van der Waals surface area contributed by atoms with Gasteiger partial charge in [0.2, 0.25) is 0 Å². The summed E-state index contributed by atoms with van der Waals surface area (Å²) in [6, 6.07) is 8.01. The molecule has 0 unspecified atom stereocenters. The fraction of sp³-hybridized carbons (Fsp3) is 0.368. The molecule has 1 heterocycles. The number of benzene rings is 1. The third kappa shape index (κ3) is 4.70. The van der Waals surface area contributed by atoms with Crippen LogP contribution in [0, 0.1) is 30.8 Å². The van der Waals surface area contributed by atoms with Crippen molar-refractivity contribution in [2.24, 2.45) is 4.99 Å². The Balaban J connectivity index is 1.93. The number of hydrogen-bond acceptors (Lipinski definition) is 2. The van der Waals surface area contributed by atoms with Gasteiger partial charge in [0, 0.05) is 5.66 Å². The van der Waals surface area contributed by atoms with Gasteiger partial charge in [0.1, 0.15) is 6.61 Å². The van der Waals surface area contributed by atoms with E-state index in [-0.39, 0.29) is 13.0 Å². The second-order valence-electron chi connectivity index (χ2n) is 6.83. The molecule has 1 aromatic carbocycles. The van der Waals surface area contributed by atoms with Crippen LogP contribution in [0.3, 0.4) is 0 Å². The summed E-state index contributed by atoms with van der Waals surface area (Å²) in [6.07, 6.45) is -11.0. The molecule has 32 heavy (non-hydrogen) atoms. The van der Waals surface area contributed by atoms with Crippen molar-refractivity contribution < 1.29 is 48.6 Å². The third-order valence-corrected chi connectivity index (χ3v) is 7.04. The van der Waals surface area contributed by atoms with Gasteiger partial charge >= 0.3 is 23.7 Å². The highest BCUT2D eigenvalue weighted by atomic mass is 31.1.